The van der Waals surface area contributed by atoms with Gasteiger partial charge in [0.05, 0.1) is 27.8 Å². The van der Waals surface area contributed by atoms with Gasteiger partial charge in [-0.3, -0.25) is 14.4 Å². The maximum absolute atomic E-state index is 14.1. The zero-order valence-corrected chi connectivity index (χ0v) is 23.9. The summed E-state index contributed by atoms with van der Waals surface area (Å²) in [5.41, 5.74) is -1.71. The van der Waals surface area contributed by atoms with Crippen molar-refractivity contribution in [3.63, 3.8) is 0 Å². The maximum Gasteiger partial charge on any atom is 0.321 e. The van der Waals surface area contributed by atoms with Crippen LogP contribution in [-0.4, -0.2) is 59.5 Å². The van der Waals surface area contributed by atoms with Gasteiger partial charge < -0.3 is 28.8 Å². The number of carbonyl (C=O) groups is 3. The van der Waals surface area contributed by atoms with Crippen molar-refractivity contribution in [1.82, 2.24) is 9.97 Å². The number of nitrogens with zero attached hydrogens (tertiary/aromatic N) is 2. The molecule has 0 bridgehead atoms. The fourth-order valence-electron chi connectivity index (χ4n) is 5.41. The Bertz CT molecular complexity index is 1610. The second-order valence-corrected chi connectivity index (χ2v) is 10.2. The highest BCUT2D eigenvalue weighted by Gasteiger charge is 2.61. The van der Waals surface area contributed by atoms with E-state index in [4.69, 9.17) is 35.3 Å². The Morgan fingerprint density at radius 1 is 1.12 bits per heavy atom. The van der Waals surface area contributed by atoms with E-state index in [1.54, 1.807) is 37.3 Å². The Labute approximate surface area is 246 Å². The number of benzene rings is 2. The largest absolute Gasteiger partial charge is 0.507 e. The maximum atomic E-state index is 14.1. The summed E-state index contributed by atoms with van der Waals surface area (Å²) >= 11 is 6.53. The number of carbonyl (C=O) groups excluding carboxylic acids is 3. The van der Waals surface area contributed by atoms with Gasteiger partial charge in [-0.2, -0.15) is 0 Å². The van der Waals surface area contributed by atoms with Gasteiger partial charge in [-0.1, -0.05) is 30.7 Å². The fraction of sp³-hybridized carbons (Fsp3) is 0.300. The summed E-state index contributed by atoms with van der Waals surface area (Å²) in [6, 6.07) is 9.75. The van der Waals surface area contributed by atoms with Gasteiger partial charge in [-0.05, 0) is 23.8 Å². The van der Waals surface area contributed by atoms with Crippen molar-refractivity contribution in [3.05, 3.63) is 76.3 Å². The molecule has 1 aliphatic heterocycles. The first-order valence-electron chi connectivity index (χ1n) is 12.9. The standard InChI is InChI=1S/C30H27ClN2O9/c1-15-11-19(34)23(27(36)30(15)28(37)24-20(38-2)14-21(39-3)25(31)26(24)42-30)18(13-22(35)40-4)16-7-5-8-17(12-16)41-29-32-9-6-10-33-29/h5-10,12,14-15,18,36H,11,13H2,1-4H3/t15-,18-,30+/m1/s1. The van der Waals surface area contributed by atoms with Crippen molar-refractivity contribution in [2.45, 2.75) is 31.3 Å². The molecule has 3 aromatic rings. The third-order valence-corrected chi connectivity index (χ3v) is 7.83. The van der Waals surface area contributed by atoms with Crippen LogP contribution < -0.4 is 18.9 Å². The molecule has 1 N–H and O–H groups in total. The van der Waals surface area contributed by atoms with E-state index in [0.29, 0.717) is 11.3 Å². The molecular weight excluding hydrogens is 568 g/mol. The van der Waals surface area contributed by atoms with Crippen LogP contribution in [0.25, 0.3) is 0 Å². The lowest BCUT2D eigenvalue weighted by atomic mass is 9.69. The number of methoxy groups -OCH3 is 3. The Balaban J connectivity index is 1.66. The third-order valence-electron chi connectivity index (χ3n) is 7.47. The molecule has 1 spiro atoms. The van der Waals surface area contributed by atoms with Crippen molar-refractivity contribution in [2.24, 2.45) is 5.92 Å². The molecule has 2 heterocycles. The number of esters is 1. The van der Waals surface area contributed by atoms with Crippen molar-refractivity contribution in [3.8, 4) is 29.0 Å². The summed E-state index contributed by atoms with van der Waals surface area (Å²) in [5, 5.41) is 11.9. The van der Waals surface area contributed by atoms with Gasteiger partial charge >= 0.3 is 12.0 Å². The smallest absolute Gasteiger partial charge is 0.321 e. The van der Waals surface area contributed by atoms with Crippen molar-refractivity contribution in [2.75, 3.05) is 21.3 Å². The van der Waals surface area contributed by atoms with E-state index < -0.39 is 40.7 Å². The topological polar surface area (TPSA) is 143 Å². The minimum atomic E-state index is -2.00. The van der Waals surface area contributed by atoms with Crippen molar-refractivity contribution in [1.29, 1.82) is 0 Å². The number of allylic oxidation sites excluding steroid dienone is 1. The van der Waals surface area contributed by atoms with Gasteiger partial charge in [0.15, 0.2) is 17.3 Å². The molecule has 11 nitrogen and oxygen atoms in total. The first-order chi connectivity index (χ1) is 20.2. The minimum absolute atomic E-state index is 0.0102. The summed E-state index contributed by atoms with van der Waals surface area (Å²) in [6.07, 6.45) is 2.55. The molecule has 0 unspecified atom stereocenters. The normalized spacial score (nSPS) is 20.2. The van der Waals surface area contributed by atoms with Crippen LogP contribution in [0.3, 0.4) is 0 Å². The molecule has 1 aromatic heterocycles. The first kappa shape index (κ1) is 28.9. The van der Waals surface area contributed by atoms with Gasteiger partial charge in [0.2, 0.25) is 11.4 Å². The van der Waals surface area contributed by atoms with Crippen LogP contribution in [0.1, 0.15) is 41.6 Å². The lowest BCUT2D eigenvalue weighted by Crippen LogP contribution is -2.53. The van der Waals surface area contributed by atoms with E-state index in [1.165, 1.54) is 39.8 Å². The molecule has 0 saturated carbocycles. The molecule has 0 amide bonds. The Morgan fingerprint density at radius 3 is 2.50 bits per heavy atom. The number of hydrogen-bond donors (Lipinski definition) is 1. The van der Waals surface area contributed by atoms with Gasteiger partial charge in [0, 0.05) is 42.3 Å². The predicted octanol–water partition coefficient (Wildman–Crippen LogP) is 5.02. The molecule has 12 heteroatoms. The first-order valence-corrected chi connectivity index (χ1v) is 13.3. The van der Waals surface area contributed by atoms with Gasteiger partial charge in [0.1, 0.15) is 27.8 Å². The van der Waals surface area contributed by atoms with Crippen LogP contribution in [0.15, 0.2) is 60.1 Å². The predicted molar refractivity (Wildman–Crippen MR) is 149 cm³/mol. The fourth-order valence-corrected chi connectivity index (χ4v) is 5.68. The van der Waals surface area contributed by atoms with Crippen LogP contribution in [0.4, 0.5) is 0 Å². The number of ketones is 2. The number of hydrogen-bond acceptors (Lipinski definition) is 11. The quantitative estimate of drug-likeness (QED) is 0.351. The van der Waals surface area contributed by atoms with Gasteiger partial charge in [-0.15, -0.1) is 0 Å². The molecular formula is C30H27ClN2O9. The van der Waals surface area contributed by atoms with E-state index in [2.05, 4.69) is 9.97 Å². The van der Waals surface area contributed by atoms with Crippen molar-refractivity contribution >= 4 is 29.1 Å². The summed E-state index contributed by atoms with van der Waals surface area (Å²) < 4.78 is 27.6. The summed E-state index contributed by atoms with van der Waals surface area (Å²) in [5.74, 6) is -3.56. The van der Waals surface area contributed by atoms with E-state index in [1.807, 2.05) is 0 Å². The summed E-state index contributed by atoms with van der Waals surface area (Å²) in [4.78, 5) is 48.5. The SMILES string of the molecule is COC(=O)C[C@@H](C1=C(O)[C@@]2(Oc3c(Cl)c(OC)cc(OC)c3C2=O)[C@H](C)CC1=O)c1cccc(Oc2ncccn2)c1. The average Bonchev–Trinajstić information content (AvgIpc) is 3.31. The molecule has 2 aromatic carbocycles. The van der Waals surface area contributed by atoms with E-state index in [-0.39, 0.29) is 52.3 Å². The highest BCUT2D eigenvalue weighted by atomic mass is 35.5. The second-order valence-electron chi connectivity index (χ2n) is 9.80. The molecule has 5 rings (SSSR count). The highest BCUT2D eigenvalue weighted by molar-refractivity contribution is 6.35. The number of fused-ring (bicyclic) bond motifs is 1. The lowest BCUT2D eigenvalue weighted by molar-refractivity contribution is -0.140. The molecule has 0 saturated heterocycles. The van der Waals surface area contributed by atoms with Crippen LogP contribution >= 0.6 is 11.6 Å². The number of halogens is 1. The Kier molecular flexibility index (Phi) is 7.79. The zero-order valence-electron chi connectivity index (χ0n) is 23.2. The Hall–Kier alpha value is -4.64. The highest BCUT2D eigenvalue weighted by Crippen LogP contribution is 2.55. The Morgan fingerprint density at radius 2 is 1.83 bits per heavy atom. The van der Waals surface area contributed by atoms with Crippen LogP contribution in [0, 0.1) is 5.92 Å². The monoisotopic (exact) mass is 594 g/mol. The van der Waals surface area contributed by atoms with E-state index in [9.17, 15) is 19.5 Å². The third kappa shape index (κ3) is 4.69. The van der Waals surface area contributed by atoms with Gasteiger partial charge in [0.25, 0.3) is 0 Å². The lowest BCUT2D eigenvalue weighted by Gasteiger charge is -2.38. The average molecular weight is 595 g/mol. The van der Waals surface area contributed by atoms with Crippen LogP contribution in [-0.2, 0) is 14.3 Å². The number of rotatable bonds is 8. The number of Topliss-reactive ketones (excluding diaryl/α,β-unsaturated/α-hetero) is 2. The molecule has 1 aliphatic carbocycles. The minimum Gasteiger partial charge on any atom is -0.507 e. The number of aromatic nitrogens is 2. The number of ether oxygens (including phenoxy) is 5. The molecule has 42 heavy (non-hydrogen) atoms. The molecule has 218 valence electrons. The van der Waals surface area contributed by atoms with Crippen molar-refractivity contribution < 1.29 is 43.2 Å². The molecule has 2 aliphatic rings. The van der Waals surface area contributed by atoms with E-state index in [0.717, 1.165) is 0 Å². The number of aliphatic hydroxyl groups excluding tert-OH is 1. The summed E-state index contributed by atoms with van der Waals surface area (Å²) in [7, 11) is 3.99. The molecule has 0 radical (unpaired) electrons. The van der Waals surface area contributed by atoms with Gasteiger partial charge in [-0.25, -0.2) is 9.97 Å². The van der Waals surface area contributed by atoms with E-state index >= 15 is 0 Å². The van der Waals surface area contributed by atoms with Crippen LogP contribution in [0.5, 0.6) is 29.0 Å². The molecule has 3 atom stereocenters. The summed E-state index contributed by atoms with van der Waals surface area (Å²) in [6.45, 7) is 1.62. The van der Waals surface area contributed by atoms with Crippen LogP contribution in [0.2, 0.25) is 5.02 Å². The second kappa shape index (κ2) is 11.3. The zero-order chi connectivity index (χ0) is 30.2. The number of aliphatic hydroxyl groups is 1. The molecule has 0 fully saturated rings.